The molecule has 8 heteroatoms. The highest BCUT2D eigenvalue weighted by atomic mass is 16.8. The molecule has 0 bridgehead atoms. The summed E-state index contributed by atoms with van der Waals surface area (Å²) in [4.78, 5) is 0. The number of hydrogen-bond donors (Lipinski definition) is 2. The number of phenolic OH excluding ortho intramolecular Hbond substituents is 2. The van der Waals surface area contributed by atoms with Gasteiger partial charge in [-0.3, -0.25) is 0 Å². The number of ether oxygens (including phenoxy) is 6. The monoisotopic (exact) mass is 402 g/mol. The van der Waals surface area contributed by atoms with Gasteiger partial charge in [0, 0.05) is 18.2 Å². The summed E-state index contributed by atoms with van der Waals surface area (Å²) in [5.41, 5.74) is 1.06. The Kier molecular flexibility index (Phi) is 4.91. The van der Waals surface area contributed by atoms with Crippen LogP contribution in [0.15, 0.2) is 48.5 Å². The van der Waals surface area contributed by atoms with E-state index in [1.54, 1.807) is 48.5 Å². The van der Waals surface area contributed by atoms with E-state index >= 15 is 0 Å². The van der Waals surface area contributed by atoms with E-state index < -0.39 is 43.3 Å². The topological polar surface area (TPSA) is 95.8 Å². The fourth-order valence-electron chi connectivity index (χ4n) is 4.03. The maximum absolute atomic E-state index is 10.2. The van der Waals surface area contributed by atoms with Gasteiger partial charge in [0.1, 0.15) is 35.9 Å². The van der Waals surface area contributed by atoms with Crippen LogP contribution < -0.4 is 0 Å². The average Bonchev–Trinajstić information content (AvgIpc) is 3.19. The van der Waals surface area contributed by atoms with E-state index in [9.17, 15) is 10.2 Å². The Balaban J connectivity index is 1.41. The molecule has 3 fully saturated rings. The molecule has 0 spiro atoms. The molecule has 0 amide bonds. The van der Waals surface area contributed by atoms with E-state index in [1.807, 2.05) is 0 Å². The molecule has 0 aromatic heterocycles. The second-order valence-corrected chi connectivity index (χ2v) is 7.20. The van der Waals surface area contributed by atoms with Crippen LogP contribution in [0, 0.1) is 0 Å². The Hall–Kier alpha value is -2.20. The van der Waals surface area contributed by atoms with Gasteiger partial charge < -0.3 is 38.6 Å². The molecule has 0 unspecified atom stereocenters. The fourth-order valence-corrected chi connectivity index (χ4v) is 4.03. The highest BCUT2D eigenvalue weighted by Crippen LogP contribution is 2.45. The van der Waals surface area contributed by atoms with Gasteiger partial charge in [-0.2, -0.15) is 0 Å². The van der Waals surface area contributed by atoms with Crippen molar-refractivity contribution in [2.24, 2.45) is 0 Å². The van der Waals surface area contributed by atoms with Gasteiger partial charge in [0.15, 0.2) is 18.9 Å². The van der Waals surface area contributed by atoms with Crippen molar-refractivity contribution >= 4 is 0 Å². The first-order valence-corrected chi connectivity index (χ1v) is 9.47. The van der Waals surface area contributed by atoms with Gasteiger partial charge in [0.05, 0.1) is 6.61 Å². The third-order valence-electron chi connectivity index (χ3n) is 5.46. The van der Waals surface area contributed by atoms with Crippen molar-refractivity contribution in [3.05, 3.63) is 59.7 Å². The normalized spacial score (nSPS) is 36.4. The quantitative estimate of drug-likeness (QED) is 0.808. The highest BCUT2D eigenvalue weighted by Gasteiger charge is 2.56. The number of phenols is 2. The van der Waals surface area contributed by atoms with Crippen molar-refractivity contribution < 1.29 is 38.6 Å². The average molecular weight is 402 g/mol. The minimum absolute atomic E-state index is 0.0857. The molecule has 154 valence electrons. The first kappa shape index (κ1) is 18.8. The molecule has 3 heterocycles. The zero-order valence-electron chi connectivity index (χ0n) is 15.7. The lowest BCUT2D eigenvalue weighted by atomic mass is 9.98. The summed E-state index contributed by atoms with van der Waals surface area (Å²) in [6, 6.07) is 13.7. The molecular formula is C21H22O8. The molecule has 29 heavy (non-hydrogen) atoms. The van der Waals surface area contributed by atoms with E-state index in [0.29, 0.717) is 11.1 Å². The predicted octanol–water partition coefficient (Wildman–Crippen LogP) is 2.37. The van der Waals surface area contributed by atoms with E-state index in [0.717, 1.165) is 0 Å². The van der Waals surface area contributed by atoms with Crippen LogP contribution in [0.2, 0.25) is 0 Å². The second-order valence-electron chi connectivity index (χ2n) is 7.20. The van der Waals surface area contributed by atoms with Gasteiger partial charge in [-0.1, -0.05) is 36.4 Å². The van der Waals surface area contributed by atoms with Crippen LogP contribution >= 0.6 is 0 Å². The maximum atomic E-state index is 10.2. The third-order valence-corrected chi connectivity index (χ3v) is 5.46. The molecule has 0 aliphatic carbocycles. The second kappa shape index (κ2) is 7.56. The molecule has 7 atom stereocenters. The summed E-state index contributed by atoms with van der Waals surface area (Å²) in [6.07, 6.45) is -4.16. The molecule has 0 radical (unpaired) electrons. The molecule has 3 aliphatic heterocycles. The molecule has 0 saturated carbocycles. The molecule has 3 aliphatic rings. The van der Waals surface area contributed by atoms with Crippen molar-refractivity contribution in [3.63, 3.8) is 0 Å². The molecular weight excluding hydrogens is 380 g/mol. The Morgan fingerprint density at radius 3 is 2.00 bits per heavy atom. The minimum Gasteiger partial charge on any atom is -0.507 e. The van der Waals surface area contributed by atoms with Crippen molar-refractivity contribution in [2.75, 3.05) is 13.7 Å². The summed E-state index contributed by atoms with van der Waals surface area (Å²) >= 11 is 0. The summed E-state index contributed by atoms with van der Waals surface area (Å²) in [7, 11) is 1.54. The number of benzene rings is 2. The summed E-state index contributed by atoms with van der Waals surface area (Å²) in [5.74, 6) is 0.178. The zero-order chi connectivity index (χ0) is 20.0. The van der Waals surface area contributed by atoms with E-state index in [-0.39, 0.29) is 18.1 Å². The van der Waals surface area contributed by atoms with Crippen LogP contribution in [0.1, 0.15) is 23.7 Å². The number of methoxy groups -OCH3 is 1. The molecule has 8 nitrogen and oxygen atoms in total. The van der Waals surface area contributed by atoms with Crippen molar-refractivity contribution in [1.82, 2.24) is 0 Å². The maximum Gasteiger partial charge on any atom is 0.188 e. The predicted molar refractivity (Wildman–Crippen MR) is 97.9 cm³/mol. The fraction of sp³-hybridized carbons (Fsp3) is 0.429. The molecule has 5 rings (SSSR count). The lowest BCUT2D eigenvalue weighted by Crippen LogP contribution is -2.61. The van der Waals surface area contributed by atoms with Gasteiger partial charge in [-0.15, -0.1) is 0 Å². The van der Waals surface area contributed by atoms with E-state index in [2.05, 4.69) is 0 Å². The molecule has 2 N–H and O–H groups in total. The zero-order valence-corrected chi connectivity index (χ0v) is 15.7. The van der Waals surface area contributed by atoms with E-state index in [4.69, 9.17) is 28.4 Å². The van der Waals surface area contributed by atoms with Gasteiger partial charge in [0.2, 0.25) is 0 Å². The summed E-state index contributed by atoms with van der Waals surface area (Å²) in [6.45, 7) is 0.247. The SMILES string of the molecule is CO[C@H]1O[C@@H]2CO[C@@H](c3ccccc3O)O[C@H]2[C@@H]2O[C@@H](c3ccccc3O)O[C@H]12. The molecule has 3 saturated heterocycles. The smallest absolute Gasteiger partial charge is 0.188 e. The Bertz CT molecular complexity index is 873. The van der Waals surface area contributed by atoms with Crippen molar-refractivity contribution in [2.45, 2.75) is 43.3 Å². The lowest BCUT2D eigenvalue weighted by molar-refractivity contribution is -0.343. The van der Waals surface area contributed by atoms with Crippen molar-refractivity contribution in [1.29, 1.82) is 0 Å². The first-order chi connectivity index (χ1) is 14.2. The third kappa shape index (κ3) is 3.28. The standard InChI is InChI=1S/C21H22O8/c1-24-21-18-17(28-20(29-18)12-7-3-5-9-14(12)23)16-15(26-21)10-25-19(27-16)11-6-2-4-8-13(11)22/h2-9,15-23H,10H2,1H3/t15-,16-,17+,18+,19-,20-,21+/m1/s1. The number of hydrogen-bond acceptors (Lipinski definition) is 8. The van der Waals surface area contributed by atoms with Crippen molar-refractivity contribution in [3.8, 4) is 11.5 Å². The summed E-state index contributed by atoms with van der Waals surface area (Å²) in [5, 5.41) is 20.3. The Morgan fingerprint density at radius 2 is 1.34 bits per heavy atom. The van der Waals surface area contributed by atoms with Gasteiger partial charge in [-0.25, -0.2) is 0 Å². The number of aromatic hydroxyl groups is 2. The van der Waals surface area contributed by atoms with Crippen LogP contribution in [0.3, 0.4) is 0 Å². The highest BCUT2D eigenvalue weighted by molar-refractivity contribution is 5.34. The van der Waals surface area contributed by atoms with Gasteiger partial charge in [0.25, 0.3) is 0 Å². The van der Waals surface area contributed by atoms with Gasteiger partial charge in [-0.05, 0) is 12.1 Å². The van der Waals surface area contributed by atoms with Crippen LogP contribution in [0.25, 0.3) is 0 Å². The van der Waals surface area contributed by atoms with Crippen LogP contribution in [-0.4, -0.2) is 54.6 Å². The Labute approximate surface area is 167 Å². The summed E-state index contributed by atoms with van der Waals surface area (Å²) < 4.78 is 35.6. The van der Waals surface area contributed by atoms with Crippen LogP contribution in [-0.2, 0) is 28.4 Å². The number of rotatable bonds is 3. The number of fused-ring (bicyclic) bond motifs is 3. The van der Waals surface area contributed by atoms with Gasteiger partial charge >= 0.3 is 0 Å². The lowest BCUT2D eigenvalue weighted by Gasteiger charge is -2.45. The van der Waals surface area contributed by atoms with Crippen LogP contribution in [0.4, 0.5) is 0 Å². The molecule has 2 aromatic rings. The first-order valence-electron chi connectivity index (χ1n) is 9.47. The largest absolute Gasteiger partial charge is 0.507 e. The van der Waals surface area contributed by atoms with Crippen LogP contribution in [0.5, 0.6) is 11.5 Å². The Morgan fingerprint density at radius 1 is 0.759 bits per heavy atom. The minimum atomic E-state index is -0.777. The number of para-hydroxylation sites is 2. The molecule has 2 aromatic carbocycles. The van der Waals surface area contributed by atoms with E-state index in [1.165, 1.54) is 7.11 Å².